The Kier molecular flexibility index (Phi) is 7.14. The Bertz CT molecular complexity index is 457. The molecule has 1 rings (SSSR count). The number of carbonyl (C=O) groups is 3. The van der Waals surface area contributed by atoms with E-state index in [0.717, 1.165) is 32.1 Å². The summed E-state index contributed by atoms with van der Waals surface area (Å²) in [5.41, 5.74) is -1.52. The van der Waals surface area contributed by atoms with Gasteiger partial charge in [0, 0.05) is 0 Å². The summed E-state index contributed by atoms with van der Waals surface area (Å²) in [6.07, 6.45) is 5.02. The standard InChI is InChI=1S/C17H30BN2O3/c1-6-16(4,13(3)22)19-18-15(23)17(5,7-2)20-11-9-8-10-14(20)12-21/h12,14,19H,6-11H2,1-5H3. The lowest BCUT2D eigenvalue weighted by atomic mass is 9.69. The zero-order valence-electron chi connectivity index (χ0n) is 15.1. The molecule has 23 heavy (non-hydrogen) atoms. The molecule has 1 saturated heterocycles. The summed E-state index contributed by atoms with van der Waals surface area (Å²) in [7, 11) is 1.44. The van der Waals surface area contributed by atoms with Crippen LogP contribution >= 0.6 is 0 Å². The van der Waals surface area contributed by atoms with E-state index in [9.17, 15) is 14.4 Å². The summed E-state index contributed by atoms with van der Waals surface area (Å²) in [4.78, 5) is 38.0. The second-order valence-electron chi connectivity index (χ2n) is 6.91. The highest BCUT2D eigenvalue weighted by Crippen LogP contribution is 2.28. The molecule has 1 aliphatic heterocycles. The van der Waals surface area contributed by atoms with Crippen LogP contribution in [0.25, 0.3) is 0 Å². The summed E-state index contributed by atoms with van der Waals surface area (Å²) in [5, 5.41) is 3.02. The first kappa shape index (κ1) is 20.0. The number of nitrogens with one attached hydrogen (secondary N) is 1. The van der Waals surface area contributed by atoms with Crippen LogP contribution in [-0.4, -0.2) is 53.7 Å². The zero-order chi connectivity index (χ0) is 17.7. The number of aldehydes is 1. The first-order chi connectivity index (χ1) is 10.7. The van der Waals surface area contributed by atoms with E-state index in [-0.39, 0.29) is 17.5 Å². The number of piperidine rings is 1. The number of hydrogen-bond donors (Lipinski definition) is 1. The molecule has 1 aliphatic rings. The maximum atomic E-state index is 12.9. The number of ketones is 1. The number of Topliss-reactive ketones (excluding diaryl/α,β-unsaturated/α-hetero) is 1. The van der Waals surface area contributed by atoms with Gasteiger partial charge in [-0.15, -0.1) is 0 Å². The first-order valence-corrected chi connectivity index (χ1v) is 8.63. The third-order valence-corrected chi connectivity index (χ3v) is 5.57. The van der Waals surface area contributed by atoms with Crippen molar-refractivity contribution in [3.63, 3.8) is 0 Å². The lowest BCUT2D eigenvalue weighted by molar-refractivity contribution is -0.129. The van der Waals surface area contributed by atoms with E-state index in [1.165, 1.54) is 14.3 Å². The second-order valence-corrected chi connectivity index (χ2v) is 6.91. The number of nitrogens with zero attached hydrogens (tertiary/aromatic N) is 1. The van der Waals surface area contributed by atoms with Gasteiger partial charge in [0.2, 0.25) is 0 Å². The van der Waals surface area contributed by atoms with E-state index < -0.39 is 11.1 Å². The highest BCUT2D eigenvalue weighted by molar-refractivity contribution is 6.74. The van der Waals surface area contributed by atoms with E-state index in [0.29, 0.717) is 12.8 Å². The second kappa shape index (κ2) is 8.20. The fourth-order valence-corrected chi connectivity index (χ4v) is 3.06. The number of likely N-dealkylation sites (tertiary alicyclic amines) is 1. The average Bonchev–Trinajstić information content (AvgIpc) is 2.58. The number of hydrogen-bond acceptors (Lipinski definition) is 5. The molecule has 0 saturated carbocycles. The molecule has 0 spiro atoms. The topological polar surface area (TPSA) is 66.5 Å². The molecule has 1 N–H and O–H groups in total. The van der Waals surface area contributed by atoms with Crippen LogP contribution in [0.2, 0.25) is 0 Å². The fourth-order valence-electron chi connectivity index (χ4n) is 3.06. The molecule has 0 aromatic rings. The van der Waals surface area contributed by atoms with Crippen molar-refractivity contribution in [3.8, 4) is 0 Å². The molecular weight excluding hydrogens is 291 g/mol. The van der Waals surface area contributed by atoms with Crippen LogP contribution < -0.4 is 5.23 Å². The monoisotopic (exact) mass is 321 g/mol. The molecule has 0 amide bonds. The molecule has 3 atom stereocenters. The van der Waals surface area contributed by atoms with Gasteiger partial charge < -0.3 is 14.8 Å². The summed E-state index contributed by atoms with van der Waals surface area (Å²) in [6, 6.07) is -0.198. The predicted octanol–water partition coefficient (Wildman–Crippen LogP) is 1.70. The third-order valence-electron chi connectivity index (χ3n) is 5.57. The molecule has 0 aliphatic carbocycles. The van der Waals surface area contributed by atoms with Crippen molar-refractivity contribution in [3.05, 3.63) is 0 Å². The number of rotatable bonds is 9. The highest BCUT2D eigenvalue weighted by Gasteiger charge is 2.42. The van der Waals surface area contributed by atoms with E-state index in [2.05, 4.69) is 5.23 Å². The van der Waals surface area contributed by atoms with Gasteiger partial charge >= 0.3 is 0 Å². The van der Waals surface area contributed by atoms with Crippen molar-refractivity contribution in [1.29, 1.82) is 0 Å². The molecule has 5 nitrogen and oxygen atoms in total. The lowest BCUT2D eigenvalue weighted by Gasteiger charge is -2.45. The molecule has 0 bridgehead atoms. The quantitative estimate of drug-likeness (QED) is 0.517. The average molecular weight is 321 g/mol. The lowest BCUT2D eigenvalue weighted by Crippen LogP contribution is -2.63. The molecule has 3 unspecified atom stereocenters. The largest absolute Gasteiger partial charge is 0.342 e. The minimum atomic E-state index is -0.726. The Hall–Kier alpha value is -1.01. The molecule has 6 heteroatoms. The van der Waals surface area contributed by atoms with Gasteiger partial charge in [-0.05, 0) is 53.0 Å². The van der Waals surface area contributed by atoms with Gasteiger partial charge in [-0.25, -0.2) is 0 Å². The molecule has 0 aromatic carbocycles. The first-order valence-electron chi connectivity index (χ1n) is 8.63. The Labute approximate surface area is 140 Å². The Balaban J connectivity index is 2.88. The number of carbonyl (C=O) groups excluding carboxylic acids is 3. The van der Waals surface area contributed by atoms with Gasteiger partial charge in [0.1, 0.15) is 17.8 Å². The molecule has 0 aromatic heterocycles. The van der Waals surface area contributed by atoms with Crippen molar-refractivity contribution in [1.82, 2.24) is 10.1 Å². The van der Waals surface area contributed by atoms with E-state index in [4.69, 9.17) is 0 Å². The van der Waals surface area contributed by atoms with Crippen LogP contribution in [-0.2, 0) is 14.4 Å². The van der Waals surface area contributed by atoms with Crippen molar-refractivity contribution in [2.45, 2.75) is 83.8 Å². The van der Waals surface area contributed by atoms with Crippen molar-refractivity contribution < 1.29 is 14.4 Å². The molecule has 1 radical (unpaired) electrons. The minimum Gasteiger partial charge on any atom is -0.342 e. The van der Waals surface area contributed by atoms with Gasteiger partial charge in [-0.2, -0.15) is 0 Å². The van der Waals surface area contributed by atoms with Crippen LogP contribution in [0.5, 0.6) is 0 Å². The highest BCUT2D eigenvalue weighted by atomic mass is 16.1. The molecule has 1 fully saturated rings. The Morgan fingerprint density at radius 3 is 2.39 bits per heavy atom. The molecule has 1 heterocycles. The van der Waals surface area contributed by atoms with Crippen LogP contribution in [0.15, 0.2) is 0 Å². The Morgan fingerprint density at radius 2 is 1.91 bits per heavy atom. The zero-order valence-corrected chi connectivity index (χ0v) is 15.1. The normalized spacial score (nSPS) is 24.3. The molecule has 129 valence electrons. The van der Waals surface area contributed by atoms with Gasteiger partial charge in [0.25, 0.3) is 7.41 Å². The Morgan fingerprint density at radius 1 is 1.26 bits per heavy atom. The van der Waals surface area contributed by atoms with Crippen LogP contribution in [0.4, 0.5) is 0 Å². The summed E-state index contributed by atoms with van der Waals surface area (Å²) in [5.74, 6) is 0.00555. The predicted molar refractivity (Wildman–Crippen MR) is 92.4 cm³/mol. The van der Waals surface area contributed by atoms with Gasteiger partial charge in [0.05, 0.1) is 17.1 Å². The van der Waals surface area contributed by atoms with Crippen molar-refractivity contribution >= 4 is 25.2 Å². The minimum absolute atomic E-state index is 0.00555. The van der Waals surface area contributed by atoms with Crippen LogP contribution in [0.3, 0.4) is 0 Å². The third kappa shape index (κ3) is 4.30. The summed E-state index contributed by atoms with van der Waals surface area (Å²) < 4.78 is 0. The van der Waals surface area contributed by atoms with Crippen LogP contribution in [0, 0.1) is 0 Å². The summed E-state index contributed by atoms with van der Waals surface area (Å²) >= 11 is 0. The van der Waals surface area contributed by atoms with E-state index in [1.807, 2.05) is 25.7 Å². The van der Waals surface area contributed by atoms with Crippen molar-refractivity contribution in [2.75, 3.05) is 6.54 Å². The van der Waals surface area contributed by atoms with E-state index >= 15 is 0 Å². The maximum Gasteiger partial charge on any atom is 0.298 e. The molecular formula is C17H30BN2O3. The summed E-state index contributed by atoms with van der Waals surface area (Å²) in [6.45, 7) is 9.86. The SMILES string of the molecule is CCC(C)(N[B]C(=O)C(C)(CC)N1CCCCC1C=O)C(C)=O. The fraction of sp³-hybridized carbons (Fsp3) is 0.824. The van der Waals surface area contributed by atoms with Crippen molar-refractivity contribution in [2.24, 2.45) is 0 Å². The van der Waals surface area contributed by atoms with Gasteiger partial charge in [-0.3, -0.25) is 9.69 Å². The van der Waals surface area contributed by atoms with Gasteiger partial charge in [-0.1, -0.05) is 20.3 Å². The maximum absolute atomic E-state index is 12.9. The van der Waals surface area contributed by atoms with Crippen LogP contribution in [0.1, 0.15) is 66.7 Å². The smallest absolute Gasteiger partial charge is 0.298 e. The van der Waals surface area contributed by atoms with E-state index in [1.54, 1.807) is 6.92 Å². The van der Waals surface area contributed by atoms with Gasteiger partial charge in [0.15, 0.2) is 0 Å².